The normalized spacial score (nSPS) is 12.1. The molecule has 1 N–H and O–H groups in total. The van der Waals surface area contributed by atoms with Gasteiger partial charge in [-0.2, -0.15) is 10.4 Å². The molecule has 4 aromatic rings. The highest BCUT2D eigenvalue weighted by molar-refractivity contribution is 6.02. The molecule has 0 aliphatic heterocycles. The van der Waals surface area contributed by atoms with Crippen LogP contribution in [0.25, 0.3) is 23.0 Å². The smallest absolute Gasteiger partial charge is 0.262 e. The van der Waals surface area contributed by atoms with Crippen molar-refractivity contribution >= 4 is 12.0 Å². The summed E-state index contributed by atoms with van der Waals surface area (Å²) in [4.78, 5) is 12.9. The lowest BCUT2D eigenvalue weighted by Crippen LogP contribution is -2.27. The molecule has 0 aliphatic rings. The highest BCUT2D eigenvalue weighted by Crippen LogP contribution is 2.26. The predicted octanol–water partition coefficient (Wildman–Crippen LogP) is 5.46. The Morgan fingerprint density at radius 2 is 1.67 bits per heavy atom. The van der Waals surface area contributed by atoms with Crippen LogP contribution in [-0.4, -0.2) is 15.7 Å². The number of nitriles is 1. The van der Waals surface area contributed by atoms with Crippen molar-refractivity contribution in [2.24, 2.45) is 0 Å². The number of carbonyl (C=O) groups excluding carboxylic acids is 1. The Labute approximate surface area is 191 Å². The Morgan fingerprint density at radius 1 is 1.03 bits per heavy atom. The Kier molecular flexibility index (Phi) is 6.42. The van der Waals surface area contributed by atoms with Crippen molar-refractivity contribution in [1.29, 1.82) is 5.26 Å². The molecule has 162 valence electrons. The third-order valence-electron chi connectivity index (χ3n) is 5.19. The molecule has 1 atom stereocenters. The van der Waals surface area contributed by atoms with Gasteiger partial charge in [0.05, 0.1) is 17.4 Å². The van der Waals surface area contributed by atoms with E-state index in [-0.39, 0.29) is 17.4 Å². The summed E-state index contributed by atoms with van der Waals surface area (Å²) in [6.07, 6.45) is 3.26. The van der Waals surface area contributed by atoms with E-state index in [0.29, 0.717) is 16.8 Å². The molecular weight excluding hydrogens is 415 g/mol. The summed E-state index contributed by atoms with van der Waals surface area (Å²) in [6.45, 7) is 1.86. The summed E-state index contributed by atoms with van der Waals surface area (Å²) >= 11 is 0. The molecule has 0 aliphatic carbocycles. The quantitative estimate of drug-likeness (QED) is 0.322. The topological polar surface area (TPSA) is 70.7 Å². The number of amides is 1. The average molecular weight is 436 g/mol. The van der Waals surface area contributed by atoms with Crippen LogP contribution in [0.4, 0.5) is 4.39 Å². The fourth-order valence-corrected chi connectivity index (χ4v) is 3.44. The number of hydrogen-bond donors (Lipinski definition) is 1. The minimum Gasteiger partial charge on any atom is -0.345 e. The summed E-state index contributed by atoms with van der Waals surface area (Å²) < 4.78 is 15.1. The van der Waals surface area contributed by atoms with Gasteiger partial charge in [-0.05, 0) is 55.0 Å². The van der Waals surface area contributed by atoms with Gasteiger partial charge >= 0.3 is 0 Å². The van der Waals surface area contributed by atoms with Crippen molar-refractivity contribution in [3.63, 3.8) is 0 Å². The van der Waals surface area contributed by atoms with Crippen LogP contribution < -0.4 is 5.32 Å². The predicted molar refractivity (Wildman–Crippen MR) is 126 cm³/mol. The van der Waals surface area contributed by atoms with E-state index >= 15 is 0 Å². The molecule has 6 heteroatoms. The fraction of sp³-hybridized carbons (Fsp3) is 0.0741. The van der Waals surface area contributed by atoms with E-state index in [2.05, 4.69) is 10.4 Å². The molecule has 1 unspecified atom stereocenters. The molecule has 0 saturated carbocycles. The first kappa shape index (κ1) is 21.7. The number of carbonyl (C=O) groups is 1. The van der Waals surface area contributed by atoms with Gasteiger partial charge in [-0.25, -0.2) is 9.07 Å². The van der Waals surface area contributed by atoms with E-state index < -0.39 is 5.91 Å². The van der Waals surface area contributed by atoms with Gasteiger partial charge in [0.25, 0.3) is 5.91 Å². The Morgan fingerprint density at radius 3 is 2.30 bits per heavy atom. The summed E-state index contributed by atoms with van der Waals surface area (Å²) in [5, 5.41) is 17.2. The molecule has 0 spiro atoms. The molecule has 1 amide bonds. The zero-order valence-corrected chi connectivity index (χ0v) is 17.9. The molecule has 3 aromatic carbocycles. The van der Waals surface area contributed by atoms with Gasteiger partial charge in [0.1, 0.15) is 17.5 Å². The summed E-state index contributed by atoms with van der Waals surface area (Å²) in [5.41, 5.74) is 3.50. The van der Waals surface area contributed by atoms with Crippen LogP contribution in [0.3, 0.4) is 0 Å². The first-order valence-corrected chi connectivity index (χ1v) is 10.4. The second-order valence-electron chi connectivity index (χ2n) is 7.50. The number of hydrogen-bond acceptors (Lipinski definition) is 3. The van der Waals surface area contributed by atoms with Crippen molar-refractivity contribution < 1.29 is 9.18 Å². The van der Waals surface area contributed by atoms with Gasteiger partial charge < -0.3 is 5.32 Å². The van der Waals surface area contributed by atoms with Crippen LogP contribution >= 0.6 is 0 Å². The number of para-hydroxylation sites is 1. The maximum Gasteiger partial charge on any atom is 0.262 e. The van der Waals surface area contributed by atoms with Gasteiger partial charge in [0.15, 0.2) is 0 Å². The van der Waals surface area contributed by atoms with Gasteiger partial charge in [-0.1, -0.05) is 48.5 Å². The number of aromatic nitrogens is 2. The largest absolute Gasteiger partial charge is 0.345 e. The number of nitrogens with zero attached hydrogens (tertiary/aromatic N) is 3. The van der Waals surface area contributed by atoms with Crippen molar-refractivity contribution in [3.05, 3.63) is 114 Å². The molecule has 1 aromatic heterocycles. The van der Waals surface area contributed by atoms with Gasteiger partial charge in [-0.3, -0.25) is 4.79 Å². The highest BCUT2D eigenvalue weighted by atomic mass is 19.1. The zero-order valence-electron chi connectivity index (χ0n) is 17.9. The van der Waals surface area contributed by atoms with Gasteiger partial charge in [-0.15, -0.1) is 0 Å². The average Bonchev–Trinajstić information content (AvgIpc) is 3.28. The van der Waals surface area contributed by atoms with E-state index in [4.69, 9.17) is 0 Å². The summed E-state index contributed by atoms with van der Waals surface area (Å²) in [5.74, 6) is -0.836. The van der Waals surface area contributed by atoms with Crippen molar-refractivity contribution in [2.75, 3.05) is 0 Å². The Hall–Kier alpha value is -4.50. The first-order chi connectivity index (χ1) is 16.0. The second kappa shape index (κ2) is 9.75. The maximum absolute atomic E-state index is 13.5. The SMILES string of the molecule is CC(NC(=O)/C(C#N)=C/c1cn(-c2ccccc2)nc1-c1ccc(F)cc1)c1ccccc1. The fourth-order valence-electron chi connectivity index (χ4n) is 3.44. The Bertz CT molecular complexity index is 1320. The summed E-state index contributed by atoms with van der Waals surface area (Å²) in [6, 6.07) is 26.7. The summed E-state index contributed by atoms with van der Waals surface area (Å²) in [7, 11) is 0. The molecule has 0 radical (unpaired) electrons. The molecule has 33 heavy (non-hydrogen) atoms. The maximum atomic E-state index is 13.5. The molecular formula is C27H21FN4O. The van der Waals surface area contributed by atoms with Crippen LogP contribution in [0.15, 0.2) is 96.7 Å². The number of halogens is 1. The van der Waals surface area contributed by atoms with Crippen molar-refractivity contribution in [2.45, 2.75) is 13.0 Å². The molecule has 1 heterocycles. The van der Waals surface area contributed by atoms with Crippen LogP contribution in [0.2, 0.25) is 0 Å². The molecule has 0 fully saturated rings. The van der Waals surface area contributed by atoms with Crippen molar-refractivity contribution in [3.8, 4) is 23.0 Å². The minimum absolute atomic E-state index is 0.0474. The lowest BCUT2D eigenvalue weighted by atomic mass is 10.0. The molecule has 4 rings (SSSR count). The first-order valence-electron chi connectivity index (χ1n) is 10.4. The van der Waals surface area contributed by atoms with E-state index in [1.54, 1.807) is 23.0 Å². The van der Waals surface area contributed by atoms with E-state index in [1.807, 2.05) is 73.7 Å². The van der Waals surface area contributed by atoms with Crippen LogP contribution in [0, 0.1) is 17.1 Å². The van der Waals surface area contributed by atoms with E-state index in [1.165, 1.54) is 18.2 Å². The van der Waals surface area contributed by atoms with Crippen LogP contribution in [0.1, 0.15) is 24.1 Å². The van der Waals surface area contributed by atoms with Crippen LogP contribution in [0.5, 0.6) is 0 Å². The zero-order chi connectivity index (χ0) is 23.2. The van der Waals surface area contributed by atoms with Gasteiger partial charge in [0, 0.05) is 17.3 Å². The van der Waals surface area contributed by atoms with Crippen LogP contribution in [-0.2, 0) is 4.79 Å². The number of benzene rings is 3. The Balaban J connectivity index is 1.71. The van der Waals surface area contributed by atoms with E-state index in [9.17, 15) is 14.4 Å². The number of rotatable bonds is 6. The monoisotopic (exact) mass is 436 g/mol. The lowest BCUT2D eigenvalue weighted by Gasteiger charge is -2.13. The third kappa shape index (κ3) is 5.05. The molecule has 5 nitrogen and oxygen atoms in total. The third-order valence-corrected chi connectivity index (χ3v) is 5.19. The van der Waals surface area contributed by atoms with Gasteiger partial charge in [0.2, 0.25) is 0 Å². The second-order valence-corrected chi connectivity index (χ2v) is 7.50. The molecule has 0 bridgehead atoms. The number of nitrogens with one attached hydrogen (secondary N) is 1. The molecule has 0 saturated heterocycles. The minimum atomic E-state index is -0.480. The van der Waals surface area contributed by atoms with E-state index in [0.717, 1.165) is 11.3 Å². The van der Waals surface area contributed by atoms with Crippen molar-refractivity contribution in [1.82, 2.24) is 15.1 Å². The standard InChI is InChI=1S/C27H21FN4O/c1-19(20-8-4-2-5-9-20)30-27(33)22(17-29)16-23-18-32(25-10-6-3-7-11-25)31-26(23)21-12-14-24(28)15-13-21/h2-16,18-19H,1H3,(H,30,33)/b22-16+. The lowest BCUT2D eigenvalue weighted by molar-refractivity contribution is -0.117. The highest BCUT2D eigenvalue weighted by Gasteiger charge is 2.17.